The smallest absolute Gasteiger partial charge is 0.349 e. The Bertz CT molecular complexity index is 1140. The van der Waals surface area contributed by atoms with E-state index in [2.05, 4.69) is 4.72 Å². The molecule has 27 heavy (non-hydrogen) atoms. The lowest BCUT2D eigenvalue weighted by molar-refractivity contribution is 0.0528. The van der Waals surface area contributed by atoms with Gasteiger partial charge in [-0.3, -0.25) is 4.72 Å². The van der Waals surface area contributed by atoms with E-state index < -0.39 is 21.8 Å². The normalized spacial score (nSPS) is 11.6. The highest BCUT2D eigenvalue weighted by Gasteiger charge is 2.31. The van der Waals surface area contributed by atoms with Gasteiger partial charge < -0.3 is 4.74 Å². The van der Waals surface area contributed by atoms with Crippen molar-refractivity contribution >= 4 is 43.1 Å². The molecule has 0 unspecified atom stereocenters. The van der Waals surface area contributed by atoms with Gasteiger partial charge in [-0.1, -0.05) is 23.8 Å². The van der Waals surface area contributed by atoms with Crippen molar-refractivity contribution in [3.8, 4) is 0 Å². The Hall–Kier alpha value is -2.45. The number of thiophene rings is 1. The minimum atomic E-state index is -4.23. The van der Waals surface area contributed by atoms with Gasteiger partial charge in [0.2, 0.25) is 0 Å². The Morgan fingerprint density at radius 1 is 1.22 bits per heavy atom. The lowest BCUT2D eigenvalue weighted by Crippen LogP contribution is -2.17. The standard InChI is InChI=1S/C19H18FNO4S2/c1-4-25-19(22)17-18(16-13(20)6-5-7-15(16)26-17)27(23,24)21-14-9-8-11(2)10-12(14)3/h5-10,21H,4H2,1-3H3. The molecule has 0 fully saturated rings. The first-order chi connectivity index (χ1) is 12.7. The molecule has 3 rings (SSSR count). The van der Waals surface area contributed by atoms with Crippen molar-refractivity contribution in [2.75, 3.05) is 11.3 Å². The van der Waals surface area contributed by atoms with Crippen molar-refractivity contribution in [2.45, 2.75) is 25.7 Å². The number of carbonyl (C=O) groups is 1. The predicted octanol–water partition coefficient (Wildman–Crippen LogP) is 4.63. The van der Waals surface area contributed by atoms with E-state index in [1.165, 1.54) is 12.1 Å². The number of ether oxygens (including phenoxy) is 1. The topological polar surface area (TPSA) is 72.5 Å². The number of rotatable bonds is 5. The number of aryl methyl sites for hydroxylation is 2. The van der Waals surface area contributed by atoms with Gasteiger partial charge in [0.25, 0.3) is 10.0 Å². The van der Waals surface area contributed by atoms with E-state index in [0.717, 1.165) is 22.5 Å². The zero-order valence-corrected chi connectivity index (χ0v) is 16.6. The average molecular weight is 407 g/mol. The van der Waals surface area contributed by atoms with Crippen LogP contribution in [0.3, 0.4) is 0 Å². The largest absolute Gasteiger partial charge is 0.462 e. The highest BCUT2D eigenvalue weighted by molar-refractivity contribution is 7.93. The molecule has 0 aliphatic heterocycles. The molecular formula is C19H18FNO4S2. The molecule has 0 atom stereocenters. The summed E-state index contributed by atoms with van der Waals surface area (Å²) in [6, 6.07) is 9.44. The third kappa shape index (κ3) is 3.68. The lowest BCUT2D eigenvalue weighted by Gasteiger charge is -2.12. The molecule has 0 amide bonds. The molecule has 0 radical (unpaired) electrons. The summed E-state index contributed by atoms with van der Waals surface area (Å²) in [5, 5.41) is -0.109. The van der Waals surface area contributed by atoms with Crippen molar-refractivity contribution in [3.63, 3.8) is 0 Å². The molecule has 0 spiro atoms. The van der Waals surface area contributed by atoms with E-state index in [-0.39, 0.29) is 21.8 Å². The van der Waals surface area contributed by atoms with Gasteiger partial charge in [-0.05, 0) is 44.5 Å². The highest BCUT2D eigenvalue weighted by Crippen LogP contribution is 2.38. The number of fused-ring (bicyclic) bond motifs is 1. The van der Waals surface area contributed by atoms with Crippen LogP contribution in [0, 0.1) is 19.7 Å². The third-order valence-corrected chi connectivity index (χ3v) is 6.68. The number of anilines is 1. The van der Waals surface area contributed by atoms with E-state index in [1.807, 2.05) is 13.0 Å². The van der Waals surface area contributed by atoms with E-state index in [1.54, 1.807) is 32.0 Å². The zero-order valence-electron chi connectivity index (χ0n) is 15.0. The van der Waals surface area contributed by atoms with Gasteiger partial charge in [-0.25, -0.2) is 17.6 Å². The van der Waals surface area contributed by atoms with Crippen LogP contribution in [0.25, 0.3) is 10.1 Å². The van der Waals surface area contributed by atoms with Crippen molar-refractivity contribution in [3.05, 3.63) is 58.2 Å². The monoisotopic (exact) mass is 407 g/mol. The molecule has 142 valence electrons. The number of nitrogens with one attached hydrogen (secondary N) is 1. The third-order valence-electron chi connectivity index (χ3n) is 3.98. The van der Waals surface area contributed by atoms with Gasteiger partial charge >= 0.3 is 5.97 Å². The number of hydrogen-bond acceptors (Lipinski definition) is 5. The number of sulfonamides is 1. The fraction of sp³-hybridized carbons (Fsp3) is 0.211. The molecule has 0 saturated carbocycles. The zero-order chi connectivity index (χ0) is 19.8. The van der Waals surface area contributed by atoms with Crippen molar-refractivity contribution in [1.29, 1.82) is 0 Å². The Balaban J connectivity index is 2.21. The minimum Gasteiger partial charge on any atom is -0.462 e. The van der Waals surface area contributed by atoms with Gasteiger partial charge in [-0.15, -0.1) is 11.3 Å². The SMILES string of the molecule is CCOC(=O)c1sc2cccc(F)c2c1S(=O)(=O)Nc1ccc(C)cc1C. The van der Waals surface area contributed by atoms with Crippen LogP contribution in [-0.4, -0.2) is 21.0 Å². The Kier molecular flexibility index (Phi) is 5.21. The summed E-state index contributed by atoms with van der Waals surface area (Å²) in [7, 11) is -4.23. The molecule has 0 aliphatic rings. The molecule has 5 nitrogen and oxygen atoms in total. The highest BCUT2D eigenvalue weighted by atomic mass is 32.2. The molecule has 1 heterocycles. The van der Waals surface area contributed by atoms with E-state index >= 15 is 0 Å². The summed E-state index contributed by atoms with van der Waals surface area (Å²) >= 11 is 0.896. The van der Waals surface area contributed by atoms with Gasteiger partial charge in [0.15, 0.2) is 0 Å². The maximum atomic E-state index is 14.5. The molecule has 8 heteroatoms. The summed E-state index contributed by atoms with van der Waals surface area (Å²) in [6.45, 7) is 5.36. The van der Waals surface area contributed by atoms with Crippen LogP contribution in [0.15, 0.2) is 41.3 Å². The van der Waals surface area contributed by atoms with Crippen LogP contribution in [0.4, 0.5) is 10.1 Å². The van der Waals surface area contributed by atoms with Crippen LogP contribution >= 0.6 is 11.3 Å². The second-order valence-corrected chi connectivity index (χ2v) is 8.69. The minimum absolute atomic E-state index is 0.0829. The number of esters is 1. The second-order valence-electron chi connectivity index (χ2n) is 6.02. The Morgan fingerprint density at radius 2 is 1.96 bits per heavy atom. The van der Waals surface area contributed by atoms with Gasteiger partial charge in [0.05, 0.1) is 12.3 Å². The maximum Gasteiger partial charge on any atom is 0.349 e. The van der Waals surface area contributed by atoms with Crippen molar-refractivity contribution < 1.29 is 22.3 Å². The van der Waals surface area contributed by atoms with E-state index in [0.29, 0.717) is 10.4 Å². The van der Waals surface area contributed by atoms with Crippen LogP contribution in [0.2, 0.25) is 0 Å². The molecule has 0 bridgehead atoms. The Labute approximate surface area is 160 Å². The van der Waals surface area contributed by atoms with Gasteiger partial charge in [0, 0.05) is 10.1 Å². The quantitative estimate of drug-likeness (QED) is 0.626. The number of benzene rings is 2. The Morgan fingerprint density at radius 3 is 2.63 bits per heavy atom. The lowest BCUT2D eigenvalue weighted by atomic mass is 10.1. The molecule has 0 aliphatic carbocycles. The molecule has 0 saturated heterocycles. The number of hydrogen-bond donors (Lipinski definition) is 1. The first kappa shape index (κ1) is 19.3. The van der Waals surface area contributed by atoms with Crippen molar-refractivity contribution in [2.24, 2.45) is 0 Å². The van der Waals surface area contributed by atoms with Crippen LogP contribution in [0.1, 0.15) is 27.7 Å². The summed E-state index contributed by atoms with van der Waals surface area (Å²) in [5.41, 5.74) is 2.07. The van der Waals surface area contributed by atoms with E-state index in [9.17, 15) is 17.6 Å². The predicted molar refractivity (Wildman–Crippen MR) is 104 cm³/mol. The molecule has 3 aromatic rings. The fourth-order valence-corrected chi connectivity index (χ4v) is 5.74. The maximum absolute atomic E-state index is 14.5. The van der Waals surface area contributed by atoms with Crippen LogP contribution in [-0.2, 0) is 14.8 Å². The van der Waals surface area contributed by atoms with Gasteiger partial charge in [0.1, 0.15) is 15.6 Å². The first-order valence-corrected chi connectivity index (χ1v) is 10.5. The first-order valence-electron chi connectivity index (χ1n) is 8.22. The van der Waals surface area contributed by atoms with Crippen LogP contribution in [0.5, 0.6) is 0 Å². The summed E-state index contributed by atoms with van der Waals surface area (Å²) in [6.07, 6.45) is 0. The summed E-state index contributed by atoms with van der Waals surface area (Å²) in [5.74, 6) is -1.50. The van der Waals surface area contributed by atoms with Gasteiger partial charge in [-0.2, -0.15) is 0 Å². The average Bonchev–Trinajstić information content (AvgIpc) is 3.00. The molecule has 2 aromatic carbocycles. The molecule has 1 aromatic heterocycles. The number of carbonyl (C=O) groups excluding carboxylic acids is 1. The second kappa shape index (κ2) is 7.28. The summed E-state index contributed by atoms with van der Waals surface area (Å²) < 4.78 is 48.5. The summed E-state index contributed by atoms with van der Waals surface area (Å²) in [4.78, 5) is 11.8. The van der Waals surface area contributed by atoms with E-state index in [4.69, 9.17) is 4.74 Å². The van der Waals surface area contributed by atoms with Crippen molar-refractivity contribution in [1.82, 2.24) is 0 Å². The van der Waals surface area contributed by atoms with Crippen LogP contribution < -0.4 is 4.72 Å². The molecular weight excluding hydrogens is 389 g/mol. The fourth-order valence-electron chi connectivity index (χ4n) is 2.79. The molecule has 1 N–H and O–H groups in total. The number of halogens is 1.